The number of nitrogens with one attached hydrogen (secondary N) is 1. The van der Waals surface area contributed by atoms with Gasteiger partial charge in [-0.2, -0.15) is 0 Å². The molecule has 0 aromatic heterocycles. The fraction of sp³-hybridized carbons (Fsp3) is 0.263. The Morgan fingerprint density at radius 1 is 1.22 bits per heavy atom. The van der Waals surface area contributed by atoms with E-state index in [2.05, 4.69) is 5.32 Å². The number of ether oxygens (including phenoxy) is 1. The van der Waals surface area contributed by atoms with Crippen LogP contribution in [0.1, 0.15) is 12.5 Å². The van der Waals surface area contributed by atoms with E-state index in [1.807, 2.05) is 0 Å². The summed E-state index contributed by atoms with van der Waals surface area (Å²) >= 11 is 11.9. The summed E-state index contributed by atoms with van der Waals surface area (Å²) in [5, 5.41) is 3.18. The summed E-state index contributed by atoms with van der Waals surface area (Å²) in [5.74, 6) is -1.03. The molecule has 0 spiro atoms. The fourth-order valence-corrected chi connectivity index (χ4v) is 2.88. The molecule has 0 bridgehead atoms. The molecule has 2 aromatic carbocycles. The number of carbonyl (C=O) groups excluding carboxylic acids is 2. The monoisotopic (exact) mass is 412 g/mol. The molecule has 0 heterocycles. The Bertz CT molecular complexity index is 832. The highest BCUT2D eigenvalue weighted by atomic mass is 35.5. The first kappa shape index (κ1) is 21.0. The summed E-state index contributed by atoms with van der Waals surface area (Å²) in [7, 11) is 1.47. The van der Waals surface area contributed by atoms with Crippen LogP contribution in [0.2, 0.25) is 10.0 Å². The minimum absolute atomic E-state index is 0.0716. The van der Waals surface area contributed by atoms with Crippen LogP contribution in [0, 0.1) is 5.82 Å². The molecule has 0 fully saturated rings. The Kier molecular flexibility index (Phi) is 7.45. The number of rotatable bonds is 7. The molecule has 1 atom stereocenters. The predicted molar refractivity (Wildman–Crippen MR) is 102 cm³/mol. The largest absolute Gasteiger partial charge is 0.482 e. The molecule has 1 N–H and O–H groups in total. The zero-order valence-corrected chi connectivity index (χ0v) is 16.4. The van der Waals surface area contributed by atoms with Crippen molar-refractivity contribution in [3.8, 4) is 5.75 Å². The van der Waals surface area contributed by atoms with E-state index in [0.717, 1.165) is 0 Å². The van der Waals surface area contributed by atoms with E-state index in [9.17, 15) is 14.0 Å². The number of nitrogens with zero attached hydrogens (tertiary/aromatic N) is 1. The van der Waals surface area contributed by atoms with Gasteiger partial charge in [-0.05, 0) is 31.2 Å². The standard InChI is InChI=1S/C19H19Cl2FN2O3/c1-12(19(26)23-2)24(10-13-5-3-4-6-16(13)22)18(25)11-27-17-8-7-14(20)9-15(17)21/h3-9,12H,10-11H2,1-2H3,(H,23,26)/t12-/m1/s1. The lowest BCUT2D eigenvalue weighted by Crippen LogP contribution is -2.48. The second-order valence-electron chi connectivity index (χ2n) is 5.77. The first-order valence-electron chi connectivity index (χ1n) is 8.15. The highest BCUT2D eigenvalue weighted by Crippen LogP contribution is 2.27. The Morgan fingerprint density at radius 3 is 2.56 bits per heavy atom. The van der Waals surface area contributed by atoms with E-state index < -0.39 is 17.8 Å². The number of likely N-dealkylation sites (N-methyl/N-ethyl adjacent to an activating group) is 1. The first-order valence-corrected chi connectivity index (χ1v) is 8.91. The first-order chi connectivity index (χ1) is 12.8. The minimum Gasteiger partial charge on any atom is -0.482 e. The molecule has 0 radical (unpaired) electrons. The number of carbonyl (C=O) groups is 2. The van der Waals surface area contributed by atoms with Gasteiger partial charge in [-0.25, -0.2) is 4.39 Å². The van der Waals surface area contributed by atoms with Gasteiger partial charge in [-0.15, -0.1) is 0 Å². The molecule has 0 unspecified atom stereocenters. The molecule has 0 aliphatic carbocycles. The quantitative estimate of drug-likeness (QED) is 0.754. The Morgan fingerprint density at radius 2 is 1.93 bits per heavy atom. The van der Waals surface area contributed by atoms with Gasteiger partial charge in [-0.3, -0.25) is 9.59 Å². The molecule has 2 aromatic rings. The Balaban J connectivity index is 2.17. The van der Waals surface area contributed by atoms with Gasteiger partial charge in [0.15, 0.2) is 6.61 Å². The molecule has 0 aliphatic heterocycles. The van der Waals surface area contributed by atoms with Crippen LogP contribution >= 0.6 is 23.2 Å². The van der Waals surface area contributed by atoms with Crippen LogP contribution in [0.15, 0.2) is 42.5 Å². The molecule has 2 amide bonds. The van der Waals surface area contributed by atoms with Crippen molar-refractivity contribution in [3.63, 3.8) is 0 Å². The van der Waals surface area contributed by atoms with E-state index >= 15 is 0 Å². The van der Waals surface area contributed by atoms with Crippen LogP contribution in [0.3, 0.4) is 0 Å². The number of hydrogen-bond acceptors (Lipinski definition) is 3. The third-order valence-electron chi connectivity index (χ3n) is 3.96. The lowest BCUT2D eigenvalue weighted by atomic mass is 10.1. The molecule has 0 saturated carbocycles. The second kappa shape index (κ2) is 9.58. The highest BCUT2D eigenvalue weighted by molar-refractivity contribution is 6.35. The van der Waals surface area contributed by atoms with Crippen molar-refractivity contribution in [3.05, 3.63) is 63.9 Å². The average molecular weight is 413 g/mol. The van der Waals surface area contributed by atoms with Crippen LogP contribution in [0.4, 0.5) is 4.39 Å². The van der Waals surface area contributed by atoms with Gasteiger partial charge in [0.05, 0.1) is 5.02 Å². The Hall–Kier alpha value is -2.31. The summed E-state index contributed by atoms with van der Waals surface area (Å²) in [6.45, 7) is 1.13. The molecular weight excluding hydrogens is 394 g/mol. The summed E-state index contributed by atoms with van der Waals surface area (Å²) in [5.41, 5.74) is 0.297. The van der Waals surface area contributed by atoms with Gasteiger partial charge in [-0.1, -0.05) is 41.4 Å². The zero-order chi connectivity index (χ0) is 20.0. The smallest absolute Gasteiger partial charge is 0.261 e. The normalized spacial score (nSPS) is 11.6. The van der Waals surface area contributed by atoms with Crippen molar-refractivity contribution >= 4 is 35.0 Å². The summed E-state index contributed by atoms with van der Waals surface area (Å²) in [6.07, 6.45) is 0. The summed E-state index contributed by atoms with van der Waals surface area (Å²) in [6, 6.07) is 9.88. The van der Waals surface area contributed by atoms with Gasteiger partial charge >= 0.3 is 0 Å². The third-order valence-corrected chi connectivity index (χ3v) is 4.49. The van der Waals surface area contributed by atoms with Crippen molar-refractivity contribution in [1.29, 1.82) is 0 Å². The Labute approximate surface area is 167 Å². The maximum atomic E-state index is 14.0. The minimum atomic E-state index is -0.814. The van der Waals surface area contributed by atoms with Crippen LogP contribution in [-0.2, 0) is 16.1 Å². The molecule has 0 aliphatic rings. The number of hydrogen-bond donors (Lipinski definition) is 1. The van der Waals surface area contributed by atoms with Crippen molar-refractivity contribution < 1.29 is 18.7 Å². The zero-order valence-electron chi connectivity index (χ0n) is 14.8. The van der Waals surface area contributed by atoms with Crippen molar-refractivity contribution in [2.45, 2.75) is 19.5 Å². The SMILES string of the molecule is CNC(=O)[C@@H](C)N(Cc1ccccc1F)C(=O)COc1ccc(Cl)cc1Cl. The topological polar surface area (TPSA) is 58.6 Å². The van der Waals surface area contributed by atoms with Crippen LogP contribution in [0.5, 0.6) is 5.75 Å². The maximum Gasteiger partial charge on any atom is 0.261 e. The molecular formula is C19H19Cl2FN2O3. The van der Waals surface area contributed by atoms with Gasteiger partial charge in [0.1, 0.15) is 17.6 Å². The highest BCUT2D eigenvalue weighted by Gasteiger charge is 2.26. The van der Waals surface area contributed by atoms with Crippen molar-refractivity contribution in [2.24, 2.45) is 0 Å². The molecule has 8 heteroatoms. The summed E-state index contributed by atoms with van der Waals surface area (Å²) in [4.78, 5) is 26.0. The number of benzene rings is 2. The molecule has 27 heavy (non-hydrogen) atoms. The van der Waals surface area contributed by atoms with E-state index in [1.54, 1.807) is 37.3 Å². The van der Waals surface area contributed by atoms with E-state index in [1.165, 1.54) is 24.1 Å². The van der Waals surface area contributed by atoms with Gasteiger partial charge < -0.3 is 15.0 Å². The average Bonchev–Trinajstić information content (AvgIpc) is 2.65. The lowest BCUT2D eigenvalue weighted by Gasteiger charge is -2.28. The van der Waals surface area contributed by atoms with Crippen LogP contribution in [0.25, 0.3) is 0 Å². The third kappa shape index (κ3) is 5.58. The molecule has 0 saturated heterocycles. The van der Waals surface area contributed by atoms with E-state index in [-0.39, 0.29) is 29.8 Å². The van der Waals surface area contributed by atoms with Gasteiger partial charge in [0.2, 0.25) is 5.91 Å². The fourth-order valence-electron chi connectivity index (χ4n) is 2.42. The van der Waals surface area contributed by atoms with E-state index in [4.69, 9.17) is 27.9 Å². The number of halogens is 3. The summed E-state index contributed by atoms with van der Waals surface area (Å²) < 4.78 is 19.5. The van der Waals surface area contributed by atoms with E-state index in [0.29, 0.717) is 10.6 Å². The predicted octanol–water partition coefficient (Wildman–Crippen LogP) is 3.67. The molecule has 2 rings (SSSR count). The molecule has 5 nitrogen and oxygen atoms in total. The second-order valence-corrected chi connectivity index (χ2v) is 6.61. The van der Waals surface area contributed by atoms with Gasteiger partial charge in [0, 0.05) is 24.2 Å². The number of amides is 2. The lowest BCUT2D eigenvalue weighted by molar-refractivity contribution is -0.142. The van der Waals surface area contributed by atoms with Crippen molar-refractivity contribution in [2.75, 3.05) is 13.7 Å². The van der Waals surface area contributed by atoms with Crippen LogP contribution < -0.4 is 10.1 Å². The van der Waals surface area contributed by atoms with Gasteiger partial charge in [0.25, 0.3) is 5.91 Å². The maximum absolute atomic E-state index is 14.0. The van der Waals surface area contributed by atoms with Crippen molar-refractivity contribution in [1.82, 2.24) is 10.2 Å². The molecule has 144 valence electrons. The van der Waals surface area contributed by atoms with Crippen LogP contribution in [-0.4, -0.2) is 36.4 Å².